The minimum Gasteiger partial charge on any atom is -0.508 e. The van der Waals surface area contributed by atoms with Gasteiger partial charge in [0.15, 0.2) is 0 Å². The SMILES string of the molecule is Oc1cccc(OCc2cccc(Cl)c2F)c1. The summed E-state index contributed by atoms with van der Waals surface area (Å²) >= 11 is 5.65. The molecule has 0 radical (unpaired) electrons. The van der Waals surface area contributed by atoms with E-state index in [1.165, 1.54) is 18.2 Å². The normalized spacial score (nSPS) is 10.2. The summed E-state index contributed by atoms with van der Waals surface area (Å²) in [5, 5.41) is 9.31. The Morgan fingerprint density at radius 3 is 2.71 bits per heavy atom. The van der Waals surface area contributed by atoms with Crippen molar-refractivity contribution in [3.05, 3.63) is 58.9 Å². The summed E-state index contributed by atoms with van der Waals surface area (Å²) in [4.78, 5) is 0. The molecular weight excluding hydrogens is 243 g/mol. The molecule has 2 nitrogen and oxygen atoms in total. The monoisotopic (exact) mass is 252 g/mol. The van der Waals surface area contributed by atoms with Gasteiger partial charge in [-0.1, -0.05) is 29.8 Å². The third-order valence-electron chi connectivity index (χ3n) is 2.24. The van der Waals surface area contributed by atoms with Gasteiger partial charge in [-0.25, -0.2) is 4.39 Å². The maximum absolute atomic E-state index is 13.5. The van der Waals surface area contributed by atoms with Crippen molar-refractivity contribution in [1.29, 1.82) is 0 Å². The molecule has 0 atom stereocenters. The van der Waals surface area contributed by atoms with Crippen LogP contribution in [0.3, 0.4) is 0 Å². The fourth-order valence-electron chi connectivity index (χ4n) is 1.39. The summed E-state index contributed by atoms with van der Waals surface area (Å²) in [5.74, 6) is 0.104. The highest BCUT2D eigenvalue weighted by molar-refractivity contribution is 6.30. The quantitative estimate of drug-likeness (QED) is 0.901. The van der Waals surface area contributed by atoms with Gasteiger partial charge in [-0.2, -0.15) is 0 Å². The van der Waals surface area contributed by atoms with Crippen molar-refractivity contribution in [2.75, 3.05) is 0 Å². The predicted octanol–water partition coefficient (Wildman–Crippen LogP) is 3.76. The lowest BCUT2D eigenvalue weighted by Gasteiger charge is -2.07. The van der Waals surface area contributed by atoms with Gasteiger partial charge in [0, 0.05) is 11.6 Å². The molecule has 0 bridgehead atoms. The van der Waals surface area contributed by atoms with Gasteiger partial charge in [0.2, 0.25) is 0 Å². The van der Waals surface area contributed by atoms with Crippen LogP contribution in [0.1, 0.15) is 5.56 Å². The summed E-state index contributed by atoms with van der Waals surface area (Å²) in [6.45, 7) is 0.0653. The number of phenolic OH excluding ortho intramolecular Hbond substituents is 1. The molecule has 0 fully saturated rings. The Balaban J connectivity index is 2.10. The van der Waals surface area contributed by atoms with Crippen molar-refractivity contribution in [2.45, 2.75) is 6.61 Å². The third kappa shape index (κ3) is 2.88. The first-order valence-electron chi connectivity index (χ1n) is 5.01. The molecule has 0 heterocycles. The van der Waals surface area contributed by atoms with Crippen molar-refractivity contribution in [1.82, 2.24) is 0 Å². The first-order valence-corrected chi connectivity index (χ1v) is 5.39. The first kappa shape index (κ1) is 11.7. The van der Waals surface area contributed by atoms with Crippen LogP contribution in [-0.4, -0.2) is 5.11 Å². The van der Waals surface area contributed by atoms with E-state index in [1.807, 2.05) is 0 Å². The molecule has 0 aliphatic heterocycles. The van der Waals surface area contributed by atoms with E-state index in [1.54, 1.807) is 24.3 Å². The molecule has 0 saturated heterocycles. The van der Waals surface area contributed by atoms with Crippen LogP contribution in [0.2, 0.25) is 5.02 Å². The average molecular weight is 253 g/mol. The van der Waals surface area contributed by atoms with Crippen molar-refractivity contribution in [2.24, 2.45) is 0 Å². The Kier molecular flexibility index (Phi) is 3.49. The lowest BCUT2D eigenvalue weighted by Crippen LogP contribution is -1.98. The second kappa shape index (κ2) is 5.06. The highest BCUT2D eigenvalue weighted by atomic mass is 35.5. The zero-order valence-electron chi connectivity index (χ0n) is 8.86. The van der Waals surface area contributed by atoms with E-state index >= 15 is 0 Å². The summed E-state index contributed by atoms with van der Waals surface area (Å²) in [7, 11) is 0. The highest BCUT2D eigenvalue weighted by Crippen LogP contribution is 2.22. The van der Waals surface area contributed by atoms with Crippen LogP contribution in [0.4, 0.5) is 4.39 Å². The molecule has 4 heteroatoms. The van der Waals surface area contributed by atoms with E-state index in [4.69, 9.17) is 16.3 Å². The molecule has 2 aromatic rings. The Morgan fingerprint density at radius 2 is 1.94 bits per heavy atom. The molecular formula is C13H10ClFO2. The Hall–Kier alpha value is -1.74. The van der Waals surface area contributed by atoms with E-state index in [0.717, 1.165) is 0 Å². The molecule has 2 rings (SSSR count). The van der Waals surface area contributed by atoms with Gasteiger partial charge in [0.05, 0.1) is 5.02 Å². The third-order valence-corrected chi connectivity index (χ3v) is 2.54. The van der Waals surface area contributed by atoms with Crippen LogP contribution in [0.15, 0.2) is 42.5 Å². The van der Waals surface area contributed by atoms with Gasteiger partial charge in [0.1, 0.15) is 23.9 Å². The molecule has 1 N–H and O–H groups in total. The molecule has 17 heavy (non-hydrogen) atoms. The van der Waals surface area contributed by atoms with E-state index < -0.39 is 5.82 Å². The highest BCUT2D eigenvalue weighted by Gasteiger charge is 2.06. The summed E-state index contributed by atoms with van der Waals surface area (Å²) in [6.07, 6.45) is 0. The minimum atomic E-state index is -0.477. The molecule has 0 amide bonds. The van der Waals surface area contributed by atoms with Crippen LogP contribution in [0, 0.1) is 5.82 Å². The molecule has 0 saturated carbocycles. The van der Waals surface area contributed by atoms with Gasteiger partial charge in [0.25, 0.3) is 0 Å². The van der Waals surface area contributed by atoms with E-state index in [0.29, 0.717) is 11.3 Å². The Morgan fingerprint density at radius 1 is 1.18 bits per heavy atom. The number of halogens is 2. The number of ether oxygens (including phenoxy) is 1. The molecule has 0 aliphatic rings. The van der Waals surface area contributed by atoms with Crippen LogP contribution < -0.4 is 4.74 Å². The lowest BCUT2D eigenvalue weighted by molar-refractivity contribution is 0.298. The molecule has 0 spiro atoms. The summed E-state index contributed by atoms with van der Waals surface area (Å²) in [6, 6.07) is 11.1. The van der Waals surface area contributed by atoms with Crippen molar-refractivity contribution >= 4 is 11.6 Å². The van der Waals surface area contributed by atoms with Gasteiger partial charge in [-0.3, -0.25) is 0 Å². The zero-order valence-corrected chi connectivity index (χ0v) is 9.62. The molecule has 0 aromatic heterocycles. The summed E-state index contributed by atoms with van der Waals surface area (Å²) in [5.41, 5.74) is 0.376. The zero-order chi connectivity index (χ0) is 12.3. The second-order valence-corrected chi connectivity index (χ2v) is 3.91. The number of phenols is 1. The molecule has 0 aliphatic carbocycles. The average Bonchev–Trinajstić information content (AvgIpc) is 2.31. The first-order chi connectivity index (χ1) is 8.16. The van der Waals surface area contributed by atoms with Gasteiger partial charge < -0.3 is 9.84 Å². The summed E-state index contributed by atoms with van der Waals surface area (Å²) < 4.78 is 18.9. The largest absolute Gasteiger partial charge is 0.508 e. The van der Waals surface area contributed by atoms with Crippen LogP contribution in [-0.2, 0) is 6.61 Å². The fraction of sp³-hybridized carbons (Fsp3) is 0.0769. The predicted molar refractivity (Wildman–Crippen MR) is 63.8 cm³/mol. The van der Waals surface area contributed by atoms with Crippen LogP contribution in [0.25, 0.3) is 0 Å². The van der Waals surface area contributed by atoms with Crippen LogP contribution >= 0.6 is 11.6 Å². The van der Waals surface area contributed by atoms with Gasteiger partial charge in [-0.05, 0) is 18.2 Å². The maximum Gasteiger partial charge on any atom is 0.148 e. The molecule has 2 aromatic carbocycles. The van der Waals surface area contributed by atoms with Gasteiger partial charge in [-0.15, -0.1) is 0 Å². The number of hydrogen-bond acceptors (Lipinski definition) is 2. The second-order valence-electron chi connectivity index (χ2n) is 3.50. The van der Waals surface area contributed by atoms with E-state index in [-0.39, 0.29) is 17.4 Å². The van der Waals surface area contributed by atoms with Crippen molar-refractivity contribution < 1.29 is 14.2 Å². The standard InChI is InChI=1S/C13H10ClFO2/c14-12-6-1-3-9(13(12)15)8-17-11-5-2-4-10(16)7-11/h1-7,16H,8H2. The van der Waals surface area contributed by atoms with Crippen LogP contribution in [0.5, 0.6) is 11.5 Å². The Bertz CT molecular complexity index is 529. The van der Waals surface area contributed by atoms with Crippen molar-refractivity contribution in [3.8, 4) is 11.5 Å². The number of hydrogen-bond donors (Lipinski definition) is 1. The topological polar surface area (TPSA) is 29.5 Å². The van der Waals surface area contributed by atoms with E-state index in [9.17, 15) is 9.50 Å². The van der Waals surface area contributed by atoms with E-state index in [2.05, 4.69) is 0 Å². The Labute approximate surface area is 103 Å². The molecule has 88 valence electrons. The maximum atomic E-state index is 13.5. The number of benzene rings is 2. The van der Waals surface area contributed by atoms with Gasteiger partial charge >= 0.3 is 0 Å². The minimum absolute atomic E-state index is 0.0653. The smallest absolute Gasteiger partial charge is 0.148 e. The lowest BCUT2D eigenvalue weighted by atomic mass is 10.2. The number of aromatic hydroxyl groups is 1. The van der Waals surface area contributed by atoms with Crippen molar-refractivity contribution in [3.63, 3.8) is 0 Å². The molecule has 0 unspecified atom stereocenters. The fourth-order valence-corrected chi connectivity index (χ4v) is 1.59. The number of rotatable bonds is 3.